The molecule has 0 aromatic heterocycles. The highest BCUT2D eigenvalue weighted by molar-refractivity contribution is 7.90. The maximum Gasteiger partial charge on any atom is 0.215 e. The van der Waals surface area contributed by atoms with Crippen molar-refractivity contribution in [2.45, 2.75) is 37.9 Å². The Morgan fingerprint density at radius 2 is 2.12 bits per heavy atom. The smallest absolute Gasteiger partial charge is 0.215 e. The summed E-state index contributed by atoms with van der Waals surface area (Å²) in [5, 5.41) is 2.88. The van der Waals surface area contributed by atoms with Gasteiger partial charge >= 0.3 is 0 Å². The molecule has 3 unspecified atom stereocenters. The summed E-state index contributed by atoms with van der Waals surface area (Å²) >= 11 is 0. The average Bonchev–Trinajstić information content (AvgIpc) is 2.85. The van der Waals surface area contributed by atoms with Crippen LogP contribution in [0.5, 0.6) is 0 Å². The number of rotatable bonds is 4. The van der Waals surface area contributed by atoms with Crippen LogP contribution in [0.25, 0.3) is 0 Å². The summed E-state index contributed by atoms with van der Waals surface area (Å²) in [6, 6.07) is 0. The van der Waals surface area contributed by atoms with E-state index in [0.29, 0.717) is 19.0 Å². The molecule has 0 radical (unpaired) electrons. The minimum atomic E-state index is -3.08. The molecule has 3 atom stereocenters. The van der Waals surface area contributed by atoms with Crippen LogP contribution in [-0.4, -0.2) is 33.3 Å². The first kappa shape index (κ1) is 12.3. The van der Waals surface area contributed by atoms with E-state index < -0.39 is 10.0 Å². The van der Waals surface area contributed by atoms with Gasteiger partial charge in [0.1, 0.15) is 0 Å². The van der Waals surface area contributed by atoms with Crippen LogP contribution in [0.4, 0.5) is 0 Å². The molecule has 16 heavy (non-hydrogen) atoms. The normalized spacial score (nSPS) is 35.7. The summed E-state index contributed by atoms with van der Waals surface area (Å²) in [6.45, 7) is 4.32. The lowest BCUT2D eigenvalue weighted by atomic mass is 10.1. The first-order valence-corrected chi connectivity index (χ1v) is 7.82. The quantitative estimate of drug-likeness (QED) is 0.768. The SMILES string of the molecule is CC1CCC(CNS(=O)(=O)C2CCNC2)C1. The lowest BCUT2D eigenvalue weighted by Crippen LogP contribution is -2.37. The maximum absolute atomic E-state index is 11.9. The van der Waals surface area contributed by atoms with Gasteiger partial charge in [-0.25, -0.2) is 13.1 Å². The predicted octanol–water partition coefficient (Wildman–Crippen LogP) is 0.704. The maximum atomic E-state index is 11.9. The molecular formula is C11H22N2O2S. The van der Waals surface area contributed by atoms with Crippen molar-refractivity contribution in [3.63, 3.8) is 0 Å². The molecule has 2 rings (SSSR count). The zero-order valence-electron chi connectivity index (χ0n) is 9.91. The lowest BCUT2D eigenvalue weighted by molar-refractivity contribution is 0.495. The van der Waals surface area contributed by atoms with Crippen LogP contribution in [0.15, 0.2) is 0 Å². The predicted molar refractivity (Wildman–Crippen MR) is 64.7 cm³/mol. The van der Waals surface area contributed by atoms with Crippen LogP contribution in [0.3, 0.4) is 0 Å². The molecule has 1 aliphatic heterocycles. The molecular weight excluding hydrogens is 224 g/mol. The Kier molecular flexibility index (Phi) is 3.87. The van der Waals surface area contributed by atoms with Crippen LogP contribution in [0.1, 0.15) is 32.6 Å². The molecule has 2 N–H and O–H groups in total. The fraction of sp³-hybridized carbons (Fsp3) is 1.00. The van der Waals surface area contributed by atoms with E-state index >= 15 is 0 Å². The first-order chi connectivity index (χ1) is 7.58. The van der Waals surface area contributed by atoms with Crippen LogP contribution >= 0.6 is 0 Å². The van der Waals surface area contributed by atoms with Gasteiger partial charge in [0.2, 0.25) is 10.0 Å². The number of hydrogen-bond donors (Lipinski definition) is 2. The highest BCUT2D eigenvalue weighted by atomic mass is 32.2. The molecule has 0 amide bonds. The topological polar surface area (TPSA) is 58.2 Å². The zero-order chi connectivity index (χ0) is 11.6. The van der Waals surface area contributed by atoms with E-state index in [9.17, 15) is 8.42 Å². The molecule has 1 aliphatic carbocycles. The zero-order valence-corrected chi connectivity index (χ0v) is 10.7. The Labute approximate surface area is 98.2 Å². The molecule has 0 aromatic carbocycles. The van der Waals surface area contributed by atoms with Gasteiger partial charge in [0.05, 0.1) is 5.25 Å². The second-order valence-corrected chi connectivity index (χ2v) is 7.34. The molecule has 1 saturated heterocycles. The third-order valence-electron chi connectivity index (χ3n) is 3.83. The monoisotopic (exact) mass is 246 g/mol. The van der Waals surface area contributed by atoms with Crippen molar-refractivity contribution in [3.05, 3.63) is 0 Å². The van der Waals surface area contributed by atoms with Crippen molar-refractivity contribution < 1.29 is 8.42 Å². The Bertz CT molecular complexity index is 323. The van der Waals surface area contributed by atoms with Gasteiger partial charge in [-0.1, -0.05) is 13.3 Å². The number of hydrogen-bond acceptors (Lipinski definition) is 3. The van der Waals surface area contributed by atoms with Gasteiger partial charge in [0.25, 0.3) is 0 Å². The van der Waals surface area contributed by atoms with Crippen LogP contribution < -0.4 is 10.0 Å². The molecule has 0 spiro atoms. The van der Waals surface area contributed by atoms with E-state index in [0.717, 1.165) is 18.9 Å². The van der Waals surface area contributed by atoms with Gasteiger partial charge in [-0.2, -0.15) is 0 Å². The van der Waals surface area contributed by atoms with E-state index in [1.54, 1.807) is 0 Å². The molecule has 1 saturated carbocycles. The third-order valence-corrected chi connectivity index (χ3v) is 5.68. The van der Waals surface area contributed by atoms with Crippen molar-refractivity contribution in [3.8, 4) is 0 Å². The van der Waals surface area contributed by atoms with E-state index in [4.69, 9.17) is 0 Å². The van der Waals surface area contributed by atoms with E-state index in [1.807, 2.05) is 0 Å². The summed E-state index contributed by atoms with van der Waals surface area (Å²) in [6.07, 6.45) is 4.34. The molecule has 2 fully saturated rings. The second kappa shape index (κ2) is 5.02. The second-order valence-electron chi connectivity index (χ2n) is 5.29. The van der Waals surface area contributed by atoms with Crippen molar-refractivity contribution >= 4 is 10.0 Å². The third kappa shape index (κ3) is 2.96. The minimum Gasteiger partial charge on any atom is -0.315 e. The summed E-state index contributed by atoms with van der Waals surface area (Å²) in [5.74, 6) is 1.32. The summed E-state index contributed by atoms with van der Waals surface area (Å²) in [7, 11) is -3.08. The van der Waals surface area contributed by atoms with Crippen LogP contribution in [0.2, 0.25) is 0 Å². The Morgan fingerprint density at radius 3 is 2.69 bits per heavy atom. The molecule has 5 heteroatoms. The van der Waals surface area contributed by atoms with E-state index in [2.05, 4.69) is 17.0 Å². The Morgan fingerprint density at radius 1 is 1.31 bits per heavy atom. The van der Waals surface area contributed by atoms with Crippen molar-refractivity contribution in [2.75, 3.05) is 19.6 Å². The summed E-state index contributed by atoms with van der Waals surface area (Å²) in [4.78, 5) is 0. The number of nitrogens with one attached hydrogen (secondary N) is 2. The first-order valence-electron chi connectivity index (χ1n) is 6.27. The lowest BCUT2D eigenvalue weighted by Gasteiger charge is -2.15. The van der Waals surface area contributed by atoms with Gasteiger partial charge < -0.3 is 5.32 Å². The standard InChI is InChI=1S/C11H22N2O2S/c1-9-2-3-10(6-9)7-13-16(14,15)11-4-5-12-8-11/h9-13H,2-8H2,1H3. The Balaban J connectivity index is 1.80. The Hall–Kier alpha value is -0.130. The van der Waals surface area contributed by atoms with Crippen LogP contribution in [-0.2, 0) is 10.0 Å². The van der Waals surface area contributed by atoms with Crippen molar-refractivity contribution in [1.29, 1.82) is 0 Å². The number of sulfonamides is 1. The van der Waals surface area contributed by atoms with E-state index in [-0.39, 0.29) is 5.25 Å². The molecule has 4 nitrogen and oxygen atoms in total. The van der Waals surface area contributed by atoms with Gasteiger partial charge in [-0.05, 0) is 37.6 Å². The van der Waals surface area contributed by atoms with Gasteiger partial charge in [0.15, 0.2) is 0 Å². The van der Waals surface area contributed by atoms with E-state index in [1.165, 1.54) is 19.3 Å². The van der Waals surface area contributed by atoms with Crippen molar-refractivity contribution in [1.82, 2.24) is 10.0 Å². The molecule has 0 aromatic rings. The van der Waals surface area contributed by atoms with Gasteiger partial charge in [-0.3, -0.25) is 0 Å². The minimum absolute atomic E-state index is 0.216. The van der Waals surface area contributed by atoms with Crippen molar-refractivity contribution in [2.24, 2.45) is 11.8 Å². The molecule has 0 bridgehead atoms. The van der Waals surface area contributed by atoms with Crippen LogP contribution in [0, 0.1) is 11.8 Å². The van der Waals surface area contributed by atoms with Gasteiger partial charge in [0, 0.05) is 13.1 Å². The highest BCUT2D eigenvalue weighted by Crippen LogP contribution is 2.29. The summed E-state index contributed by atoms with van der Waals surface area (Å²) < 4.78 is 26.6. The molecule has 1 heterocycles. The fourth-order valence-electron chi connectivity index (χ4n) is 2.76. The summed E-state index contributed by atoms with van der Waals surface area (Å²) in [5.41, 5.74) is 0. The molecule has 2 aliphatic rings. The highest BCUT2D eigenvalue weighted by Gasteiger charge is 2.30. The van der Waals surface area contributed by atoms with Gasteiger partial charge in [-0.15, -0.1) is 0 Å². The fourth-order valence-corrected chi connectivity index (χ4v) is 4.22. The largest absolute Gasteiger partial charge is 0.315 e. The average molecular weight is 246 g/mol. The molecule has 94 valence electrons.